The minimum atomic E-state index is -0.0748. The molecule has 5 nitrogen and oxygen atoms in total. The smallest absolute Gasteiger partial charge is 0.317 e. The number of likely N-dealkylation sites (tertiary alicyclic amines) is 1. The van der Waals surface area contributed by atoms with Crippen LogP contribution >= 0.6 is 11.3 Å². The fourth-order valence-corrected chi connectivity index (χ4v) is 2.91. The molecule has 0 unspecified atom stereocenters. The lowest BCUT2D eigenvalue weighted by atomic mass is 10.1. The summed E-state index contributed by atoms with van der Waals surface area (Å²) in [6.07, 6.45) is 7.24. The standard InChI is InChI=1S/C13H14N4OS/c18-13(16-12-15-7-9-19-12)17-8-1-2-11(17)10-3-5-14-6-4-10/h3-7,9,11H,1-2,8H2,(H,15,16,18)/t11-/m1/s1. The molecule has 1 fully saturated rings. The number of carbonyl (C=O) groups excluding carboxylic acids is 1. The lowest BCUT2D eigenvalue weighted by molar-refractivity contribution is 0.207. The van der Waals surface area contributed by atoms with Gasteiger partial charge in [-0.1, -0.05) is 0 Å². The third-order valence-corrected chi connectivity index (χ3v) is 3.94. The number of nitrogens with zero attached hydrogens (tertiary/aromatic N) is 3. The normalized spacial score (nSPS) is 18.5. The Bertz CT molecular complexity index is 543. The minimum Gasteiger partial charge on any atom is -0.317 e. The molecule has 19 heavy (non-hydrogen) atoms. The van der Waals surface area contributed by atoms with E-state index in [1.807, 2.05) is 22.4 Å². The molecule has 0 radical (unpaired) electrons. The van der Waals surface area contributed by atoms with Crippen molar-refractivity contribution in [1.82, 2.24) is 14.9 Å². The monoisotopic (exact) mass is 274 g/mol. The molecule has 1 atom stereocenters. The predicted octanol–water partition coefficient (Wildman–Crippen LogP) is 2.91. The molecule has 98 valence electrons. The van der Waals surface area contributed by atoms with Crippen molar-refractivity contribution in [2.24, 2.45) is 0 Å². The molecule has 2 aromatic rings. The van der Waals surface area contributed by atoms with Gasteiger partial charge in [-0.15, -0.1) is 11.3 Å². The second-order valence-corrected chi connectivity index (χ2v) is 5.29. The van der Waals surface area contributed by atoms with Crippen molar-refractivity contribution >= 4 is 22.5 Å². The first-order chi connectivity index (χ1) is 9.34. The second-order valence-electron chi connectivity index (χ2n) is 4.40. The lowest BCUT2D eigenvalue weighted by Gasteiger charge is -2.24. The van der Waals surface area contributed by atoms with E-state index in [0.29, 0.717) is 5.13 Å². The number of urea groups is 1. The van der Waals surface area contributed by atoms with Gasteiger partial charge in [0.15, 0.2) is 5.13 Å². The summed E-state index contributed by atoms with van der Waals surface area (Å²) in [5.41, 5.74) is 1.14. The highest BCUT2D eigenvalue weighted by Crippen LogP contribution is 2.32. The summed E-state index contributed by atoms with van der Waals surface area (Å²) < 4.78 is 0. The quantitative estimate of drug-likeness (QED) is 0.916. The summed E-state index contributed by atoms with van der Waals surface area (Å²) in [6.45, 7) is 0.782. The fourth-order valence-electron chi connectivity index (χ4n) is 2.39. The van der Waals surface area contributed by atoms with E-state index in [2.05, 4.69) is 15.3 Å². The van der Waals surface area contributed by atoms with Crippen LogP contribution < -0.4 is 5.32 Å². The van der Waals surface area contributed by atoms with Crippen molar-refractivity contribution in [3.63, 3.8) is 0 Å². The number of hydrogen-bond acceptors (Lipinski definition) is 4. The van der Waals surface area contributed by atoms with Crippen molar-refractivity contribution in [1.29, 1.82) is 0 Å². The molecule has 2 aromatic heterocycles. The van der Waals surface area contributed by atoms with Crippen LogP contribution in [0, 0.1) is 0 Å². The number of nitrogens with one attached hydrogen (secondary N) is 1. The molecule has 1 saturated heterocycles. The van der Waals surface area contributed by atoms with Crippen LogP contribution in [0.1, 0.15) is 24.4 Å². The highest BCUT2D eigenvalue weighted by Gasteiger charge is 2.30. The zero-order valence-electron chi connectivity index (χ0n) is 10.3. The van der Waals surface area contributed by atoms with Crippen LogP contribution in [0.5, 0.6) is 0 Å². The van der Waals surface area contributed by atoms with Gasteiger partial charge in [-0.25, -0.2) is 9.78 Å². The molecule has 1 aliphatic heterocycles. The first-order valence-electron chi connectivity index (χ1n) is 6.21. The Kier molecular flexibility index (Phi) is 3.41. The topological polar surface area (TPSA) is 58.1 Å². The number of pyridine rings is 1. The molecule has 0 aliphatic carbocycles. The van der Waals surface area contributed by atoms with Crippen molar-refractivity contribution in [3.8, 4) is 0 Å². The molecular weight excluding hydrogens is 260 g/mol. The van der Waals surface area contributed by atoms with E-state index in [0.717, 1.165) is 24.9 Å². The Morgan fingerprint density at radius 2 is 2.21 bits per heavy atom. The molecule has 1 aliphatic rings. The molecule has 0 bridgehead atoms. The van der Waals surface area contributed by atoms with Gasteiger partial charge in [0.2, 0.25) is 0 Å². The second kappa shape index (κ2) is 5.36. The molecule has 2 amide bonds. The van der Waals surface area contributed by atoms with Gasteiger partial charge in [-0.2, -0.15) is 0 Å². The van der Waals surface area contributed by atoms with Gasteiger partial charge in [0.05, 0.1) is 6.04 Å². The van der Waals surface area contributed by atoms with Crippen LogP contribution in [0.15, 0.2) is 36.1 Å². The number of carbonyl (C=O) groups is 1. The Morgan fingerprint density at radius 1 is 1.37 bits per heavy atom. The van der Waals surface area contributed by atoms with E-state index in [9.17, 15) is 4.79 Å². The zero-order valence-corrected chi connectivity index (χ0v) is 11.1. The average Bonchev–Trinajstić information content (AvgIpc) is 3.10. The van der Waals surface area contributed by atoms with Crippen LogP contribution in [0.2, 0.25) is 0 Å². The van der Waals surface area contributed by atoms with Gasteiger partial charge >= 0.3 is 6.03 Å². The van der Waals surface area contributed by atoms with Gasteiger partial charge in [0.1, 0.15) is 0 Å². The van der Waals surface area contributed by atoms with Crippen molar-refractivity contribution in [2.45, 2.75) is 18.9 Å². The largest absolute Gasteiger partial charge is 0.324 e. The molecule has 0 aromatic carbocycles. The summed E-state index contributed by atoms with van der Waals surface area (Å²) in [4.78, 5) is 22.2. The lowest BCUT2D eigenvalue weighted by Crippen LogP contribution is -2.34. The Balaban J connectivity index is 1.74. The average molecular weight is 274 g/mol. The van der Waals surface area contributed by atoms with Gasteiger partial charge in [0, 0.05) is 30.5 Å². The number of thiazole rings is 1. The Hall–Kier alpha value is -1.95. The van der Waals surface area contributed by atoms with Crippen molar-refractivity contribution in [3.05, 3.63) is 41.7 Å². The SMILES string of the molecule is O=C(Nc1nccs1)N1CCC[C@@H]1c1ccncc1. The van der Waals surface area contributed by atoms with Crippen LogP contribution in [-0.2, 0) is 0 Å². The first-order valence-corrected chi connectivity index (χ1v) is 7.09. The van der Waals surface area contributed by atoms with E-state index in [1.54, 1.807) is 18.6 Å². The van der Waals surface area contributed by atoms with Crippen LogP contribution in [0.3, 0.4) is 0 Å². The summed E-state index contributed by atoms with van der Waals surface area (Å²) >= 11 is 1.43. The molecule has 0 spiro atoms. The molecular formula is C13H14N4OS. The number of anilines is 1. The van der Waals surface area contributed by atoms with E-state index < -0.39 is 0 Å². The van der Waals surface area contributed by atoms with Crippen molar-refractivity contribution < 1.29 is 4.79 Å². The fraction of sp³-hybridized carbons (Fsp3) is 0.308. The van der Waals surface area contributed by atoms with Gasteiger partial charge in [0.25, 0.3) is 0 Å². The molecule has 6 heteroatoms. The minimum absolute atomic E-state index is 0.0748. The zero-order chi connectivity index (χ0) is 13.1. The molecule has 3 rings (SSSR count). The summed E-state index contributed by atoms with van der Waals surface area (Å²) in [5, 5.41) is 5.33. The summed E-state index contributed by atoms with van der Waals surface area (Å²) in [6, 6.07) is 4.01. The predicted molar refractivity (Wildman–Crippen MR) is 74.1 cm³/mol. The summed E-state index contributed by atoms with van der Waals surface area (Å²) in [5.74, 6) is 0. The molecule has 0 saturated carbocycles. The number of aromatic nitrogens is 2. The third kappa shape index (κ3) is 2.58. The Labute approximate surface area is 115 Å². The number of hydrogen-bond donors (Lipinski definition) is 1. The maximum Gasteiger partial charge on any atom is 0.324 e. The maximum atomic E-state index is 12.3. The first kappa shape index (κ1) is 12.1. The van der Waals surface area contributed by atoms with Gasteiger partial charge < -0.3 is 4.90 Å². The number of amides is 2. The van der Waals surface area contributed by atoms with Gasteiger partial charge in [-0.3, -0.25) is 10.3 Å². The maximum absolute atomic E-state index is 12.3. The van der Waals surface area contributed by atoms with E-state index in [-0.39, 0.29) is 12.1 Å². The highest BCUT2D eigenvalue weighted by molar-refractivity contribution is 7.13. The van der Waals surface area contributed by atoms with Gasteiger partial charge in [-0.05, 0) is 30.5 Å². The van der Waals surface area contributed by atoms with E-state index in [4.69, 9.17) is 0 Å². The number of rotatable bonds is 2. The molecule has 1 N–H and O–H groups in total. The van der Waals surface area contributed by atoms with Crippen LogP contribution in [-0.4, -0.2) is 27.4 Å². The van der Waals surface area contributed by atoms with Crippen LogP contribution in [0.25, 0.3) is 0 Å². The molecule has 3 heterocycles. The highest BCUT2D eigenvalue weighted by atomic mass is 32.1. The van der Waals surface area contributed by atoms with Crippen LogP contribution in [0.4, 0.5) is 9.93 Å². The Morgan fingerprint density at radius 3 is 2.95 bits per heavy atom. The van der Waals surface area contributed by atoms with Crippen molar-refractivity contribution in [2.75, 3.05) is 11.9 Å². The van der Waals surface area contributed by atoms with E-state index in [1.165, 1.54) is 11.3 Å². The third-order valence-electron chi connectivity index (χ3n) is 3.25. The van der Waals surface area contributed by atoms with E-state index >= 15 is 0 Å². The summed E-state index contributed by atoms with van der Waals surface area (Å²) in [7, 11) is 0.